The predicted octanol–water partition coefficient (Wildman–Crippen LogP) is 2.56. The van der Waals surface area contributed by atoms with Crippen LogP contribution in [-0.4, -0.2) is 13.1 Å². The van der Waals surface area contributed by atoms with Crippen LogP contribution in [0.1, 0.15) is 19.3 Å². The number of esters is 1. The molecular formula is C13H14O4. The van der Waals surface area contributed by atoms with Crippen molar-refractivity contribution in [2.24, 2.45) is 0 Å². The number of carbonyl (C=O) groups excluding carboxylic acids is 1. The molecule has 0 atom stereocenters. The second-order valence-corrected chi connectivity index (χ2v) is 3.72. The molecule has 0 saturated heterocycles. The molecule has 1 heterocycles. The number of rotatable bonds is 3. The number of allylic oxidation sites excluding steroid dienone is 4. The Morgan fingerprint density at radius 1 is 1.41 bits per heavy atom. The fraction of sp³-hybridized carbons (Fsp3) is 0.308. The molecule has 0 radical (unpaired) electrons. The van der Waals surface area contributed by atoms with Crippen LogP contribution in [0.3, 0.4) is 0 Å². The van der Waals surface area contributed by atoms with Gasteiger partial charge in [0.05, 0.1) is 7.11 Å². The van der Waals surface area contributed by atoms with Crippen LogP contribution in [-0.2, 0) is 19.0 Å². The maximum atomic E-state index is 11.5. The first-order valence-corrected chi connectivity index (χ1v) is 5.45. The Labute approximate surface area is 99.9 Å². The van der Waals surface area contributed by atoms with Crippen LogP contribution in [0.5, 0.6) is 0 Å². The molecule has 0 bridgehead atoms. The molecular weight excluding hydrogens is 220 g/mol. The Kier molecular flexibility index (Phi) is 3.65. The molecule has 2 rings (SSSR count). The summed E-state index contributed by atoms with van der Waals surface area (Å²) in [7, 11) is 1.32. The highest BCUT2D eigenvalue weighted by Crippen LogP contribution is 2.26. The van der Waals surface area contributed by atoms with Gasteiger partial charge in [0.2, 0.25) is 5.76 Å². The molecule has 4 heteroatoms. The average molecular weight is 234 g/mol. The van der Waals surface area contributed by atoms with E-state index in [0.29, 0.717) is 12.2 Å². The van der Waals surface area contributed by atoms with Gasteiger partial charge in [0.25, 0.3) is 0 Å². The highest BCUT2D eigenvalue weighted by molar-refractivity contribution is 5.87. The number of ether oxygens (including phenoxy) is 3. The second-order valence-electron chi connectivity index (χ2n) is 3.72. The van der Waals surface area contributed by atoms with Gasteiger partial charge in [-0.15, -0.1) is 0 Å². The van der Waals surface area contributed by atoms with Gasteiger partial charge >= 0.3 is 5.97 Å². The van der Waals surface area contributed by atoms with E-state index in [1.165, 1.54) is 25.2 Å². The van der Waals surface area contributed by atoms with Crippen LogP contribution in [0, 0.1) is 0 Å². The first kappa shape index (κ1) is 11.5. The Morgan fingerprint density at radius 2 is 2.24 bits per heavy atom. The smallest absolute Gasteiger partial charge is 0.377 e. The highest BCUT2D eigenvalue weighted by atomic mass is 16.6. The van der Waals surface area contributed by atoms with Gasteiger partial charge in [-0.3, -0.25) is 0 Å². The summed E-state index contributed by atoms with van der Waals surface area (Å²) >= 11 is 0. The van der Waals surface area contributed by atoms with E-state index >= 15 is 0 Å². The minimum atomic E-state index is -0.517. The molecule has 0 saturated carbocycles. The molecule has 0 N–H and O–H groups in total. The predicted molar refractivity (Wildman–Crippen MR) is 61.4 cm³/mol. The number of hydrogen-bond acceptors (Lipinski definition) is 4. The van der Waals surface area contributed by atoms with Crippen LogP contribution < -0.4 is 0 Å². The third-order valence-corrected chi connectivity index (χ3v) is 2.56. The number of hydrogen-bond donors (Lipinski definition) is 0. The van der Waals surface area contributed by atoms with Crippen LogP contribution >= 0.6 is 0 Å². The van der Waals surface area contributed by atoms with Gasteiger partial charge in [-0.25, -0.2) is 4.79 Å². The summed E-state index contributed by atoms with van der Waals surface area (Å²) in [5.41, 5.74) is 1.21. The molecule has 0 fully saturated rings. The minimum absolute atomic E-state index is 0.130. The third-order valence-electron chi connectivity index (χ3n) is 2.56. The molecule has 0 unspecified atom stereocenters. The van der Waals surface area contributed by atoms with Gasteiger partial charge in [-0.1, -0.05) is 23.8 Å². The van der Waals surface area contributed by atoms with E-state index in [2.05, 4.69) is 10.8 Å². The lowest BCUT2D eigenvalue weighted by atomic mass is 10.0. The topological polar surface area (TPSA) is 44.8 Å². The third kappa shape index (κ3) is 2.78. The van der Waals surface area contributed by atoms with E-state index in [9.17, 15) is 4.79 Å². The molecule has 17 heavy (non-hydrogen) atoms. The van der Waals surface area contributed by atoms with E-state index in [-0.39, 0.29) is 5.76 Å². The molecule has 0 aromatic rings. The lowest BCUT2D eigenvalue weighted by Gasteiger charge is -2.17. The summed E-state index contributed by atoms with van der Waals surface area (Å²) in [6.07, 6.45) is 11.5. The normalized spacial score (nSPS) is 18.3. The van der Waals surface area contributed by atoms with E-state index in [4.69, 9.17) is 9.47 Å². The Balaban J connectivity index is 2.15. The van der Waals surface area contributed by atoms with Crippen LogP contribution in [0.4, 0.5) is 0 Å². The lowest BCUT2D eigenvalue weighted by Crippen LogP contribution is -2.13. The van der Waals surface area contributed by atoms with Crippen molar-refractivity contribution >= 4 is 5.97 Å². The quantitative estimate of drug-likeness (QED) is 0.704. The zero-order chi connectivity index (χ0) is 12.1. The van der Waals surface area contributed by atoms with Crippen LogP contribution in [0.2, 0.25) is 0 Å². The van der Waals surface area contributed by atoms with E-state index in [1.54, 1.807) is 0 Å². The van der Waals surface area contributed by atoms with Gasteiger partial charge in [0.15, 0.2) is 5.76 Å². The summed E-state index contributed by atoms with van der Waals surface area (Å²) in [5.74, 6) is 0.114. The van der Waals surface area contributed by atoms with Crippen molar-refractivity contribution in [1.82, 2.24) is 0 Å². The first-order valence-electron chi connectivity index (χ1n) is 5.45. The van der Waals surface area contributed by atoms with Gasteiger partial charge in [-0.2, -0.15) is 0 Å². The fourth-order valence-corrected chi connectivity index (χ4v) is 1.71. The Bertz CT molecular complexity index is 427. The van der Waals surface area contributed by atoms with Crippen molar-refractivity contribution in [3.63, 3.8) is 0 Å². The van der Waals surface area contributed by atoms with Gasteiger partial charge in [0, 0.05) is 6.42 Å². The Hall–Kier alpha value is -1.97. The maximum absolute atomic E-state index is 11.5. The number of carbonyl (C=O) groups is 1. The molecule has 0 aromatic heterocycles. The standard InChI is InChI=1S/C13H14O4/c1-15-13(14)12-11(16-7-8-17-12)9-10-5-3-2-4-6-10/h2-3,5,7-8H,4,6,9H2,1H3. The largest absolute Gasteiger partial charge is 0.463 e. The van der Waals surface area contributed by atoms with Crippen LogP contribution in [0.15, 0.2) is 47.8 Å². The monoisotopic (exact) mass is 234 g/mol. The van der Waals surface area contributed by atoms with Crippen molar-refractivity contribution in [3.8, 4) is 0 Å². The average Bonchev–Trinajstić information content (AvgIpc) is 2.40. The first-order chi connectivity index (χ1) is 8.31. The summed E-state index contributed by atoms with van der Waals surface area (Å²) < 4.78 is 15.1. The van der Waals surface area contributed by atoms with Crippen molar-refractivity contribution in [2.45, 2.75) is 19.3 Å². The molecule has 0 aromatic carbocycles. The number of methoxy groups -OCH3 is 1. The summed E-state index contributed by atoms with van der Waals surface area (Å²) in [6, 6.07) is 0. The van der Waals surface area contributed by atoms with E-state index < -0.39 is 5.97 Å². The molecule has 4 nitrogen and oxygen atoms in total. The maximum Gasteiger partial charge on any atom is 0.377 e. The molecule has 1 aliphatic heterocycles. The summed E-state index contributed by atoms with van der Waals surface area (Å²) in [4.78, 5) is 11.5. The SMILES string of the molecule is COC(=O)C1=C(CC2=CC=CCC2)OC=CO1. The molecule has 2 aliphatic rings. The molecule has 0 spiro atoms. The van der Waals surface area contributed by atoms with E-state index in [1.807, 2.05) is 12.2 Å². The van der Waals surface area contributed by atoms with Gasteiger partial charge in [0.1, 0.15) is 12.5 Å². The van der Waals surface area contributed by atoms with Crippen molar-refractivity contribution in [1.29, 1.82) is 0 Å². The fourth-order valence-electron chi connectivity index (χ4n) is 1.71. The molecule has 0 amide bonds. The van der Waals surface area contributed by atoms with Gasteiger partial charge < -0.3 is 14.2 Å². The van der Waals surface area contributed by atoms with Crippen molar-refractivity contribution in [3.05, 3.63) is 47.8 Å². The molecule has 1 aliphatic carbocycles. The lowest BCUT2D eigenvalue weighted by molar-refractivity contribution is -0.139. The van der Waals surface area contributed by atoms with Crippen molar-refractivity contribution < 1.29 is 19.0 Å². The van der Waals surface area contributed by atoms with Crippen LogP contribution in [0.25, 0.3) is 0 Å². The Morgan fingerprint density at radius 3 is 2.94 bits per heavy atom. The second kappa shape index (κ2) is 5.39. The summed E-state index contributed by atoms with van der Waals surface area (Å²) in [6.45, 7) is 0. The van der Waals surface area contributed by atoms with Crippen molar-refractivity contribution in [2.75, 3.05) is 7.11 Å². The highest BCUT2D eigenvalue weighted by Gasteiger charge is 2.22. The zero-order valence-corrected chi connectivity index (χ0v) is 9.64. The minimum Gasteiger partial charge on any atom is -0.463 e. The summed E-state index contributed by atoms with van der Waals surface area (Å²) in [5, 5.41) is 0. The van der Waals surface area contributed by atoms with Gasteiger partial charge in [-0.05, 0) is 12.8 Å². The zero-order valence-electron chi connectivity index (χ0n) is 9.64. The molecule has 90 valence electrons. The van der Waals surface area contributed by atoms with E-state index in [0.717, 1.165) is 12.8 Å².